The predicted molar refractivity (Wildman–Crippen MR) is 65.6 cm³/mol. The van der Waals surface area contributed by atoms with Crippen LogP contribution in [-0.4, -0.2) is 4.92 Å². The van der Waals surface area contributed by atoms with E-state index in [1.54, 1.807) is 18.2 Å². The molecule has 0 amide bonds. The molecule has 0 saturated carbocycles. The van der Waals surface area contributed by atoms with E-state index < -0.39 is 4.92 Å². The molecule has 6 heteroatoms. The van der Waals surface area contributed by atoms with Crippen molar-refractivity contribution in [3.63, 3.8) is 0 Å². The Kier molecular flexibility index (Phi) is 3.48. The summed E-state index contributed by atoms with van der Waals surface area (Å²) in [7, 11) is 0. The number of nitrogens with zero attached hydrogens (tertiary/aromatic N) is 2. The molecule has 0 bridgehead atoms. The summed E-state index contributed by atoms with van der Waals surface area (Å²) in [4.78, 5) is 9.85. The minimum atomic E-state index is -0.606. The molecule has 0 atom stereocenters. The van der Waals surface area contributed by atoms with Gasteiger partial charge in [0.15, 0.2) is 0 Å². The summed E-state index contributed by atoms with van der Waals surface area (Å²) in [6.45, 7) is 1.92. The van der Waals surface area contributed by atoms with Gasteiger partial charge >= 0.3 is 5.88 Å². The Balaban J connectivity index is 2.09. The lowest BCUT2D eigenvalue weighted by Crippen LogP contribution is -1.96. The van der Waals surface area contributed by atoms with Crippen LogP contribution in [0.4, 0.5) is 5.88 Å². The third kappa shape index (κ3) is 2.90. The molecule has 19 heavy (non-hydrogen) atoms. The van der Waals surface area contributed by atoms with Gasteiger partial charge in [0.2, 0.25) is 0 Å². The van der Waals surface area contributed by atoms with Crippen molar-refractivity contribution in [2.24, 2.45) is 0 Å². The van der Waals surface area contributed by atoms with Crippen LogP contribution >= 0.6 is 0 Å². The van der Waals surface area contributed by atoms with Crippen LogP contribution in [0.5, 0.6) is 5.75 Å². The summed E-state index contributed by atoms with van der Waals surface area (Å²) >= 11 is 0. The lowest BCUT2D eigenvalue weighted by Gasteiger charge is -2.07. The Bertz CT molecular complexity index is 655. The van der Waals surface area contributed by atoms with E-state index in [0.717, 1.165) is 5.56 Å². The third-order valence-corrected chi connectivity index (χ3v) is 2.51. The van der Waals surface area contributed by atoms with Gasteiger partial charge in [0.25, 0.3) is 0 Å². The van der Waals surface area contributed by atoms with Crippen LogP contribution in [0.25, 0.3) is 0 Å². The maximum Gasteiger partial charge on any atom is 0.433 e. The molecule has 1 heterocycles. The smallest absolute Gasteiger partial charge is 0.433 e. The molecule has 0 aliphatic rings. The van der Waals surface area contributed by atoms with Crippen molar-refractivity contribution in [3.8, 4) is 11.8 Å². The fraction of sp³-hybridized carbons (Fsp3) is 0.154. The summed E-state index contributed by atoms with van der Waals surface area (Å²) in [5, 5.41) is 19.3. The summed E-state index contributed by atoms with van der Waals surface area (Å²) in [6, 6.07) is 9.87. The lowest BCUT2D eigenvalue weighted by molar-refractivity contribution is -0.402. The minimum Gasteiger partial charge on any atom is -0.485 e. The van der Waals surface area contributed by atoms with E-state index >= 15 is 0 Å². The van der Waals surface area contributed by atoms with Crippen molar-refractivity contribution in [3.05, 3.63) is 57.3 Å². The maximum absolute atomic E-state index is 10.5. The zero-order valence-electron chi connectivity index (χ0n) is 10.1. The van der Waals surface area contributed by atoms with Crippen molar-refractivity contribution in [2.45, 2.75) is 13.5 Å². The largest absolute Gasteiger partial charge is 0.485 e. The molecular formula is C13H10N2O4. The van der Waals surface area contributed by atoms with E-state index in [1.165, 1.54) is 12.1 Å². The number of rotatable bonds is 4. The first-order chi connectivity index (χ1) is 9.10. The zero-order valence-corrected chi connectivity index (χ0v) is 10.1. The van der Waals surface area contributed by atoms with Gasteiger partial charge in [0, 0.05) is 0 Å². The molecule has 0 radical (unpaired) electrons. The Hall–Kier alpha value is -2.81. The number of hydrogen-bond acceptors (Lipinski definition) is 5. The summed E-state index contributed by atoms with van der Waals surface area (Å²) in [6.07, 6.45) is 0. The number of nitro groups is 1. The Labute approximate surface area is 109 Å². The van der Waals surface area contributed by atoms with Crippen LogP contribution in [0.1, 0.15) is 16.9 Å². The number of ether oxygens (including phenoxy) is 1. The van der Waals surface area contributed by atoms with Crippen LogP contribution in [-0.2, 0) is 6.61 Å². The van der Waals surface area contributed by atoms with E-state index in [9.17, 15) is 10.1 Å². The quantitative estimate of drug-likeness (QED) is 0.621. The van der Waals surface area contributed by atoms with Gasteiger partial charge in [-0.05, 0) is 30.7 Å². The molecule has 1 aromatic heterocycles. The van der Waals surface area contributed by atoms with Gasteiger partial charge in [-0.25, -0.2) is 0 Å². The van der Waals surface area contributed by atoms with Crippen LogP contribution < -0.4 is 4.74 Å². The van der Waals surface area contributed by atoms with E-state index in [-0.39, 0.29) is 12.5 Å². The van der Waals surface area contributed by atoms with E-state index in [1.807, 2.05) is 13.0 Å². The standard InChI is InChI=1S/C13H10N2O4/c1-9-2-3-10(7-14)6-12(9)18-8-11-4-5-13(19-11)15(16)17/h2-6H,8H2,1H3. The zero-order chi connectivity index (χ0) is 13.8. The normalized spacial score (nSPS) is 9.89. The molecule has 0 fully saturated rings. The molecule has 0 aliphatic heterocycles. The number of hydrogen-bond donors (Lipinski definition) is 0. The van der Waals surface area contributed by atoms with E-state index in [4.69, 9.17) is 14.4 Å². The van der Waals surface area contributed by atoms with Gasteiger partial charge in [0.05, 0.1) is 17.7 Å². The van der Waals surface area contributed by atoms with Gasteiger partial charge in [-0.3, -0.25) is 10.1 Å². The van der Waals surface area contributed by atoms with Crippen molar-refractivity contribution < 1.29 is 14.1 Å². The molecule has 0 unspecified atom stereocenters. The third-order valence-electron chi connectivity index (χ3n) is 2.51. The van der Waals surface area contributed by atoms with Crippen LogP contribution in [0.3, 0.4) is 0 Å². The van der Waals surface area contributed by atoms with Gasteiger partial charge in [-0.1, -0.05) is 6.07 Å². The molecule has 1 aromatic carbocycles. The van der Waals surface area contributed by atoms with Crippen molar-refractivity contribution in [2.75, 3.05) is 0 Å². The fourth-order valence-corrected chi connectivity index (χ4v) is 1.52. The van der Waals surface area contributed by atoms with Crippen LogP contribution in [0.2, 0.25) is 0 Å². The van der Waals surface area contributed by atoms with Gasteiger partial charge in [-0.15, -0.1) is 0 Å². The first-order valence-corrected chi connectivity index (χ1v) is 5.47. The molecule has 0 N–H and O–H groups in total. The average molecular weight is 258 g/mol. The molecule has 6 nitrogen and oxygen atoms in total. The van der Waals surface area contributed by atoms with Crippen molar-refractivity contribution in [1.29, 1.82) is 5.26 Å². The van der Waals surface area contributed by atoms with E-state index in [0.29, 0.717) is 17.1 Å². The molecule has 2 rings (SSSR count). The molecule has 0 spiro atoms. The van der Waals surface area contributed by atoms with Crippen molar-refractivity contribution >= 4 is 5.88 Å². The highest BCUT2D eigenvalue weighted by Crippen LogP contribution is 2.22. The highest BCUT2D eigenvalue weighted by Gasteiger charge is 2.12. The van der Waals surface area contributed by atoms with Gasteiger partial charge in [-0.2, -0.15) is 5.26 Å². The van der Waals surface area contributed by atoms with Gasteiger partial charge in [0.1, 0.15) is 23.0 Å². The summed E-state index contributed by atoms with van der Waals surface area (Å²) in [5.41, 5.74) is 1.37. The highest BCUT2D eigenvalue weighted by atomic mass is 16.6. The van der Waals surface area contributed by atoms with Crippen LogP contribution in [0.15, 0.2) is 34.7 Å². The molecular weight excluding hydrogens is 248 g/mol. The second kappa shape index (κ2) is 5.23. The first kappa shape index (κ1) is 12.6. The predicted octanol–water partition coefficient (Wildman–Crippen LogP) is 2.95. The molecule has 2 aromatic rings. The van der Waals surface area contributed by atoms with Gasteiger partial charge < -0.3 is 9.15 Å². The highest BCUT2D eigenvalue weighted by molar-refractivity contribution is 5.41. The lowest BCUT2D eigenvalue weighted by atomic mass is 10.1. The summed E-state index contributed by atoms with van der Waals surface area (Å²) in [5.74, 6) is 0.590. The van der Waals surface area contributed by atoms with Crippen molar-refractivity contribution in [1.82, 2.24) is 0 Å². The molecule has 96 valence electrons. The summed E-state index contributed by atoms with van der Waals surface area (Å²) < 4.78 is 10.5. The minimum absolute atomic E-state index is 0.0730. The number of furan rings is 1. The second-order valence-corrected chi connectivity index (χ2v) is 3.88. The SMILES string of the molecule is Cc1ccc(C#N)cc1OCc1ccc([N+](=O)[O-])o1. The second-order valence-electron chi connectivity index (χ2n) is 3.88. The fourth-order valence-electron chi connectivity index (χ4n) is 1.52. The van der Waals surface area contributed by atoms with E-state index in [2.05, 4.69) is 0 Å². The number of benzene rings is 1. The van der Waals surface area contributed by atoms with Crippen LogP contribution in [0, 0.1) is 28.4 Å². The molecule has 0 aliphatic carbocycles. The Morgan fingerprint density at radius 1 is 1.42 bits per heavy atom. The Morgan fingerprint density at radius 2 is 2.21 bits per heavy atom. The molecule has 0 saturated heterocycles. The topological polar surface area (TPSA) is 89.3 Å². The average Bonchev–Trinajstić information content (AvgIpc) is 2.87. The maximum atomic E-state index is 10.5. The monoisotopic (exact) mass is 258 g/mol. The number of nitriles is 1. The number of aryl methyl sites for hydroxylation is 1. The Morgan fingerprint density at radius 3 is 2.84 bits per heavy atom. The first-order valence-electron chi connectivity index (χ1n) is 5.47.